The van der Waals surface area contributed by atoms with Gasteiger partial charge in [-0.1, -0.05) is 43.3 Å². The number of nitrogens with zero attached hydrogens (tertiary/aromatic N) is 1. The SMILES string of the molecule is CCc1ccccc1N=C1NC(=O)C(=Cc2ccccc2OC)S1. The van der Waals surface area contributed by atoms with Crippen molar-refractivity contribution in [1.82, 2.24) is 5.32 Å². The summed E-state index contributed by atoms with van der Waals surface area (Å²) in [6.07, 6.45) is 2.72. The fraction of sp³-hybridized carbons (Fsp3) is 0.158. The molecule has 5 heteroatoms. The predicted molar refractivity (Wildman–Crippen MR) is 99.6 cm³/mol. The van der Waals surface area contributed by atoms with Gasteiger partial charge in [-0.25, -0.2) is 4.99 Å². The standard InChI is InChI=1S/C19H18N2O2S/c1-3-13-8-4-6-10-15(13)20-19-21-18(22)17(24-19)12-14-9-5-7-11-16(14)23-2/h4-12H,3H2,1-2H3,(H,20,21,22). The molecule has 24 heavy (non-hydrogen) atoms. The highest BCUT2D eigenvalue weighted by Gasteiger charge is 2.24. The average molecular weight is 338 g/mol. The Bertz CT molecular complexity index is 828. The molecule has 0 unspecified atom stereocenters. The molecule has 0 aliphatic carbocycles. The van der Waals surface area contributed by atoms with Gasteiger partial charge in [0.15, 0.2) is 5.17 Å². The summed E-state index contributed by atoms with van der Waals surface area (Å²) in [5, 5.41) is 3.43. The largest absolute Gasteiger partial charge is 0.496 e. The summed E-state index contributed by atoms with van der Waals surface area (Å²) in [6, 6.07) is 15.6. The van der Waals surface area contributed by atoms with Crippen LogP contribution in [0.3, 0.4) is 0 Å². The lowest BCUT2D eigenvalue weighted by Crippen LogP contribution is -2.19. The van der Waals surface area contributed by atoms with Crippen molar-refractivity contribution in [3.8, 4) is 5.75 Å². The molecule has 0 atom stereocenters. The molecule has 1 aliphatic heterocycles. The molecule has 122 valence electrons. The monoisotopic (exact) mass is 338 g/mol. The highest BCUT2D eigenvalue weighted by Crippen LogP contribution is 2.31. The van der Waals surface area contributed by atoms with E-state index in [1.54, 1.807) is 7.11 Å². The maximum absolute atomic E-state index is 12.2. The number of amidine groups is 1. The summed E-state index contributed by atoms with van der Waals surface area (Å²) >= 11 is 1.34. The molecule has 3 rings (SSSR count). The average Bonchev–Trinajstić information content (AvgIpc) is 2.95. The summed E-state index contributed by atoms with van der Waals surface area (Å²) < 4.78 is 5.33. The first-order chi connectivity index (χ1) is 11.7. The number of hydrogen-bond acceptors (Lipinski definition) is 4. The van der Waals surface area contributed by atoms with E-state index >= 15 is 0 Å². The van der Waals surface area contributed by atoms with E-state index < -0.39 is 0 Å². The van der Waals surface area contributed by atoms with Crippen LogP contribution in [0.4, 0.5) is 5.69 Å². The Labute approximate surface area is 145 Å². The van der Waals surface area contributed by atoms with Crippen molar-refractivity contribution in [2.24, 2.45) is 4.99 Å². The minimum atomic E-state index is -0.140. The number of carbonyl (C=O) groups excluding carboxylic acids is 1. The van der Waals surface area contributed by atoms with Crippen molar-refractivity contribution in [3.05, 3.63) is 64.6 Å². The number of methoxy groups -OCH3 is 1. The molecule has 0 saturated carbocycles. The number of para-hydroxylation sites is 2. The molecule has 4 nitrogen and oxygen atoms in total. The first-order valence-electron chi connectivity index (χ1n) is 7.71. The van der Waals surface area contributed by atoms with E-state index in [2.05, 4.69) is 17.2 Å². The number of aryl methyl sites for hydroxylation is 1. The Morgan fingerprint density at radius 1 is 1.17 bits per heavy atom. The smallest absolute Gasteiger partial charge is 0.264 e. The summed E-state index contributed by atoms with van der Waals surface area (Å²) in [5.41, 5.74) is 2.91. The van der Waals surface area contributed by atoms with Gasteiger partial charge >= 0.3 is 0 Å². The van der Waals surface area contributed by atoms with Crippen LogP contribution in [0.2, 0.25) is 0 Å². The van der Waals surface area contributed by atoms with Crippen LogP contribution in [0.5, 0.6) is 5.75 Å². The van der Waals surface area contributed by atoms with Gasteiger partial charge in [-0.15, -0.1) is 0 Å². The molecule has 1 aliphatic rings. The van der Waals surface area contributed by atoms with Gasteiger partial charge in [-0.2, -0.15) is 0 Å². The molecular weight excluding hydrogens is 320 g/mol. The van der Waals surface area contributed by atoms with Gasteiger partial charge in [0, 0.05) is 5.56 Å². The molecule has 0 bridgehead atoms. The molecule has 0 spiro atoms. The van der Waals surface area contributed by atoms with E-state index in [9.17, 15) is 4.79 Å². The molecule has 1 amide bonds. The molecular formula is C19H18N2O2S. The number of rotatable bonds is 4. The Morgan fingerprint density at radius 3 is 2.71 bits per heavy atom. The topological polar surface area (TPSA) is 50.7 Å². The zero-order valence-corrected chi connectivity index (χ0v) is 14.4. The van der Waals surface area contributed by atoms with Crippen LogP contribution in [-0.2, 0) is 11.2 Å². The third-order valence-electron chi connectivity index (χ3n) is 3.67. The minimum Gasteiger partial charge on any atom is -0.496 e. The summed E-state index contributed by atoms with van der Waals surface area (Å²) in [5.74, 6) is 0.596. The quantitative estimate of drug-likeness (QED) is 0.852. The van der Waals surface area contributed by atoms with E-state index in [4.69, 9.17) is 4.74 Å². The maximum Gasteiger partial charge on any atom is 0.264 e. The first kappa shape index (κ1) is 16.3. The van der Waals surface area contributed by atoms with Crippen LogP contribution in [0, 0.1) is 0 Å². The summed E-state index contributed by atoms with van der Waals surface area (Å²) in [7, 11) is 1.62. The van der Waals surface area contributed by atoms with Gasteiger partial charge in [0.05, 0.1) is 17.7 Å². The summed E-state index contributed by atoms with van der Waals surface area (Å²) in [6.45, 7) is 2.09. The number of benzene rings is 2. The number of hydrogen-bond donors (Lipinski definition) is 1. The lowest BCUT2D eigenvalue weighted by atomic mass is 10.1. The number of nitrogens with one attached hydrogen (secondary N) is 1. The zero-order chi connectivity index (χ0) is 16.9. The molecule has 2 aromatic carbocycles. The van der Waals surface area contributed by atoms with Crippen LogP contribution < -0.4 is 10.1 Å². The Balaban J connectivity index is 1.88. The Morgan fingerprint density at radius 2 is 1.92 bits per heavy atom. The number of amides is 1. The number of thioether (sulfide) groups is 1. The van der Waals surface area contributed by atoms with Gasteiger partial charge in [-0.05, 0) is 42.0 Å². The van der Waals surface area contributed by atoms with E-state index in [0.29, 0.717) is 10.1 Å². The van der Waals surface area contributed by atoms with Crippen molar-refractivity contribution in [1.29, 1.82) is 0 Å². The van der Waals surface area contributed by atoms with Gasteiger partial charge < -0.3 is 10.1 Å². The van der Waals surface area contributed by atoms with E-state index in [1.807, 2.05) is 54.6 Å². The second kappa shape index (κ2) is 7.36. The van der Waals surface area contributed by atoms with E-state index in [-0.39, 0.29) is 5.91 Å². The highest BCUT2D eigenvalue weighted by atomic mass is 32.2. The fourth-order valence-corrected chi connectivity index (χ4v) is 3.26. The molecule has 1 fully saturated rings. The lowest BCUT2D eigenvalue weighted by molar-refractivity contribution is -0.115. The van der Waals surface area contributed by atoms with E-state index in [1.165, 1.54) is 11.8 Å². The van der Waals surface area contributed by atoms with Crippen LogP contribution in [0.15, 0.2) is 58.4 Å². The molecule has 1 N–H and O–H groups in total. The van der Waals surface area contributed by atoms with Gasteiger partial charge in [0.2, 0.25) is 0 Å². The second-order valence-electron chi connectivity index (χ2n) is 5.21. The molecule has 1 heterocycles. The van der Waals surface area contributed by atoms with Gasteiger partial charge in [0.25, 0.3) is 5.91 Å². The normalized spacial score (nSPS) is 17.3. The van der Waals surface area contributed by atoms with Crippen molar-refractivity contribution in [2.75, 3.05) is 7.11 Å². The molecule has 0 radical (unpaired) electrons. The minimum absolute atomic E-state index is 0.140. The summed E-state index contributed by atoms with van der Waals surface area (Å²) in [4.78, 5) is 17.4. The lowest BCUT2D eigenvalue weighted by Gasteiger charge is -2.03. The van der Waals surface area contributed by atoms with Crippen molar-refractivity contribution in [3.63, 3.8) is 0 Å². The zero-order valence-electron chi connectivity index (χ0n) is 13.6. The van der Waals surface area contributed by atoms with E-state index in [0.717, 1.165) is 29.0 Å². The van der Waals surface area contributed by atoms with Gasteiger partial charge in [0.1, 0.15) is 5.75 Å². The molecule has 2 aromatic rings. The highest BCUT2D eigenvalue weighted by molar-refractivity contribution is 8.18. The van der Waals surface area contributed by atoms with Crippen LogP contribution in [0.1, 0.15) is 18.1 Å². The number of carbonyl (C=O) groups is 1. The Kier molecular flexibility index (Phi) is 5.01. The fourth-order valence-electron chi connectivity index (χ4n) is 2.44. The second-order valence-corrected chi connectivity index (χ2v) is 6.24. The maximum atomic E-state index is 12.2. The molecule has 1 saturated heterocycles. The van der Waals surface area contributed by atoms with Crippen LogP contribution >= 0.6 is 11.8 Å². The van der Waals surface area contributed by atoms with Crippen LogP contribution in [0.25, 0.3) is 6.08 Å². The van der Waals surface area contributed by atoms with Crippen molar-refractivity contribution in [2.45, 2.75) is 13.3 Å². The third-order valence-corrected chi connectivity index (χ3v) is 4.58. The predicted octanol–water partition coefficient (Wildman–Crippen LogP) is 4.15. The van der Waals surface area contributed by atoms with Crippen LogP contribution in [-0.4, -0.2) is 18.2 Å². The number of ether oxygens (including phenoxy) is 1. The van der Waals surface area contributed by atoms with Gasteiger partial charge in [-0.3, -0.25) is 4.79 Å². The Hall–Kier alpha value is -2.53. The first-order valence-corrected chi connectivity index (χ1v) is 8.53. The van der Waals surface area contributed by atoms with Crippen molar-refractivity contribution >= 4 is 34.6 Å². The third kappa shape index (κ3) is 3.51. The van der Waals surface area contributed by atoms with Crippen molar-refractivity contribution < 1.29 is 9.53 Å². The molecule has 0 aromatic heterocycles. The number of aliphatic imine (C=N–C) groups is 1.